The number of ether oxygens (including phenoxy) is 2. The first-order valence-corrected chi connectivity index (χ1v) is 11.6. The standard InChI is InChI=1S/C26H26FN7O3/c1-26(24(35)34(2)3)14-36-23(37-15-26)22-32-20(16-6-8-17(27)9-7-16)21(33-22)19-10-12-29-25(31-19)30-18-5-4-11-28-13-18/h4-13,23H,14-15H2,1-3H3,(H,32,33)(H,29,30,31). The normalized spacial score (nSPS) is 19.4. The Morgan fingerprint density at radius 2 is 1.86 bits per heavy atom. The van der Waals surface area contributed by atoms with Crippen molar-refractivity contribution in [1.82, 2.24) is 29.8 Å². The molecule has 11 heteroatoms. The fourth-order valence-corrected chi connectivity index (χ4v) is 4.06. The number of halogens is 1. The second-order valence-electron chi connectivity index (χ2n) is 9.20. The Morgan fingerprint density at radius 1 is 1.11 bits per heavy atom. The van der Waals surface area contributed by atoms with Crippen molar-refractivity contribution in [2.45, 2.75) is 13.2 Å². The van der Waals surface area contributed by atoms with Crippen LogP contribution in [0.1, 0.15) is 19.0 Å². The smallest absolute Gasteiger partial charge is 0.232 e. The Morgan fingerprint density at radius 3 is 2.54 bits per heavy atom. The minimum atomic E-state index is -0.814. The first kappa shape index (κ1) is 24.5. The van der Waals surface area contributed by atoms with Crippen molar-refractivity contribution < 1.29 is 18.7 Å². The molecule has 4 aromatic rings. The number of hydrogen-bond donors (Lipinski definition) is 2. The molecule has 190 valence electrons. The van der Waals surface area contributed by atoms with Gasteiger partial charge in [-0.05, 0) is 49.4 Å². The number of carbonyl (C=O) groups is 1. The molecule has 0 radical (unpaired) electrons. The third-order valence-electron chi connectivity index (χ3n) is 5.92. The molecule has 0 aliphatic carbocycles. The van der Waals surface area contributed by atoms with Gasteiger partial charge in [0.1, 0.15) is 5.82 Å². The Hall–Kier alpha value is -4.22. The predicted octanol–water partition coefficient (Wildman–Crippen LogP) is 3.95. The number of H-pyrrole nitrogens is 1. The molecule has 1 saturated heterocycles. The van der Waals surface area contributed by atoms with Crippen LogP contribution in [0.2, 0.25) is 0 Å². The molecule has 0 unspecified atom stereocenters. The van der Waals surface area contributed by atoms with E-state index in [1.807, 2.05) is 6.07 Å². The van der Waals surface area contributed by atoms with Crippen LogP contribution in [0, 0.1) is 11.2 Å². The van der Waals surface area contributed by atoms with Gasteiger partial charge >= 0.3 is 0 Å². The molecule has 1 amide bonds. The summed E-state index contributed by atoms with van der Waals surface area (Å²) in [5, 5.41) is 3.13. The van der Waals surface area contributed by atoms with Crippen molar-refractivity contribution >= 4 is 17.5 Å². The molecule has 5 rings (SSSR count). The molecule has 0 spiro atoms. The Balaban J connectivity index is 1.47. The van der Waals surface area contributed by atoms with Crippen LogP contribution in [-0.2, 0) is 14.3 Å². The quantitative estimate of drug-likeness (QED) is 0.406. The molecule has 1 aliphatic rings. The number of nitrogens with one attached hydrogen (secondary N) is 2. The van der Waals surface area contributed by atoms with Gasteiger partial charge in [0.05, 0.1) is 47.6 Å². The highest BCUT2D eigenvalue weighted by molar-refractivity contribution is 5.82. The van der Waals surface area contributed by atoms with Crippen molar-refractivity contribution in [3.05, 3.63) is 72.7 Å². The van der Waals surface area contributed by atoms with Crippen molar-refractivity contribution in [2.75, 3.05) is 32.6 Å². The number of amides is 1. The van der Waals surface area contributed by atoms with Gasteiger partial charge in [0.2, 0.25) is 18.1 Å². The topological polar surface area (TPSA) is 118 Å². The van der Waals surface area contributed by atoms with Crippen LogP contribution in [0.3, 0.4) is 0 Å². The lowest BCUT2D eigenvalue weighted by molar-refractivity contribution is -0.233. The van der Waals surface area contributed by atoms with Gasteiger partial charge in [-0.25, -0.2) is 19.3 Å². The Kier molecular flexibility index (Phi) is 6.64. The molecule has 3 aromatic heterocycles. The average molecular weight is 504 g/mol. The summed E-state index contributed by atoms with van der Waals surface area (Å²) in [7, 11) is 3.40. The molecule has 1 aromatic carbocycles. The van der Waals surface area contributed by atoms with E-state index in [0.717, 1.165) is 5.69 Å². The van der Waals surface area contributed by atoms with E-state index >= 15 is 0 Å². The number of anilines is 2. The van der Waals surface area contributed by atoms with Crippen LogP contribution in [0.4, 0.5) is 16.0 Å². The number of nitrogens with zero attached hydrogens (tertiary/aromatic N) is 5. The van der Waals surface area contributed by atoms with Gasteiger partial charge in [0.15, 0.2) is 5.82 Å². The molecule has 2 N–H and O–H groups in total. The number of aromatic amines is 1. The van der Waals surface area contributed by atoms with Crippen molar-refractivity contribution in [3.63, 3.8) is 0 Å². The fourth-order valence-electron chi connectivity index (χ4n) is 4.06. The summed E-state index contributed by atoms with van der Waals surface area (Å²) >= 11 is 0. The highest BCUT2D eigenvalue weighted by Gasteiger charge is 2.41. The minimum Gasteiger partial charge on any atom is -0.348 e. The summed E-state index contributed by atoms with van der Waals surface area (Å²) in [5.41, 5.74) is 2.32. The molecule has 1 aliphatic heterocycles. The lowest BCUT2D eigenvalue weighted by Crippen LogP contribution is -2.48. The zero-order valence-corrected chi connectivity index (χ0v) is 20.6. The summed E-state index contributed by atoms with van der Waals surface area (Å²) in [4.78, 5) is 35.1. The highest BCUT2D eigenvalue weighted by atomic mass is 19.1. The molecule has 0 bridgehead atoms. The van der Waals surface area contributed by atoms with Crippen LogP contribution in [-0.4, -0.2) is 63.0 Å². The summed E-state index contributed by atoms with van der Waals surface area (Å²) in [6, 6.07) is 11.4. The first-order chi connectivity index (χ1) is 17.8. The first-order valence-electron chi connectivity index (χ1n) is 11.6. The molecule has 37 heavy (non-hydrogen) atoms. The number of carbonyl (C=O) groups excluding carboxylic acids is 1. The summed E-state index contributed by atoms with van der Waals surface area (Å²) < 4.78 is 25.5. The Labute approximate surface area is 212 Å². The molecule has 0 saturated carbocycles. The van der Waals surface area contributed by atoms with Crippen LogP contribution in [0.25, 0.3) is 22.6 Å². The van der Waals surface area contributed by atoms with Gasteiger partial charge in [-0.15, -0.1) is 0 Å². The largest absolute Gasteiger partial charge is 0.348 e. The third kappa shape index (κ3) is 5.18. The SMILES string of the molecule is CN(C)C(=O)C1(C)COC(c2nc(-c3ccc(F)cc3)c(-c3ccnc(Nc4cccnc4)n3)[nH]2)OC1. The molecule has 4 heterocycles. The second kappa shape index (κ2) is 10.0. The molecular formula is C26H26FN7O3. The number of pyridine rings is 1. The molecule has 1 fully saturated rings. The van der Waals surface area contributed by atoms with E-state index < -0.39 is 11.7 Å². The van der Waals surface area contributed by atoms with E-state index in [0.29, 0.717) is 34.4 Å². The monoisotopic (exact) mass is 503 g/mol. The molecular weight excluding hydrogens is 477 g/mol. The summed E-state index contributed by atoms with van der Waals surface area (Å²) in [6.07, 6.45) is 4.16. The zero-order chi connectivity index (χ0) is 26.0. The van der Waals surface area contributed by atoms with Crippen LogP contribution in [0.15, 0.2) is 61.1 Å². The lowest BCUT2D eigenvalue weighted by atomic mass is 9.90. The van der Waals surface area contributed by atoms with Crippen LogP contribution >= 0.6 is 0 Å². The molecule has 10 nitrogen and oxygen atoms in total. The van der Waals surface area contributed by atoms with E-state index in [-0.39, 0.29) is 24.9 Å². The van der Waals surface area contributed by atoms with Gasteiger partial charge in [0.25, 0.3) is 0 Å². The van der Waals surface area contributed by atoms with Crippen LogP contribution in [0.5, 0.6) is 0 Å². The second-order valence-corrected chi connectivity index (χ2v) is 9.20. The number of benzene rings is 1. The van der Waals surface area contributed by atoms with E-state index in [1.165, 1.54) is 17.0 Å². The van der Waals surface area contributed by atoms with E-state index in [1.54, 1.807) is 63.9 Å². The summed E-state index contributed by atoms with van der Waals surface area (Å²) in [6.45, 7) is 2.15. The Bertz CT molecular complexity index is 1390. The number of hydrogen-bond acceptors (Lipinski definition) is 8. The van der Waals surface area contributed by atoms with Crippen LogP contribution < -0.4 is 5.32 Å². The maximum absolute atomic E-state index is 13.6. The predicted molar refractivity (Wildman–Crippen MR) is 134 cm³/mol. The maximum Gasteiger partial charge on any atom is 0.232 e. The fraction of sp³-hybridized carbons (Fsp3) is 0.269. The third-order valence-corrected chi connectivity index (χ3v) is 5.92. The van der Waals surface area contributed by atoms with Crippen molar-refractivity contribution in [1.29, 1.82) is 0 Å². The van der Waals surface area contributed by atoms with Gasteiger partial charge in [-0.1, -0.05) is 0 Å². The van der Waals surface area contributed by atoms with Gasteiger partial charge in [0, 0.05) is 32.1 Å². The summed E-state index contributed by atoms with van der Waals surface area (Å²) in [5.74, 6) is 0.353. The van der Waals surface area contributed by atoms with E-state index in [9.17, 15) is 9.18 Å². The maximum atomic E-state index is 13.6. The van der Waals surface area contributed by atoms with Gasteiger partial charge in [-0.2, -0.15) is 0 Å². The number of aromatic nitrogens is 5. The van der Waals surface area contributed by atoms with E-state index in [2.05, 4.69) is 25.3 Å². The minimum absolute atomic E-state index is 0.0762. The van der Waals surface area contributed by atoms with Gasteiger partial charge in [-0.3, -0.25) is 9.78 Å². The zero-order valence-electron chi connectivity index (χ0n) is 20.6. The number of rotatable bonds is 6. The number of imidazole rings is 1. The van der Waals surface area contributed by atoms with E-state index in [4.69, 9.17) is 14.5 Å². The average Bonchev–Trinajstić information content (AvgIpc) is 3.35. The highest BCUT2D eigenvalue weighted by Crippen LogP contribution is 2.36. The lowest BCUT2D eigenvalue weighted by Gasteiger charge is -2.36. The van der Waals surface area contributed by atoms with Gasteiger partial charge < -0.3 is 24.7 Å². The van der Waals surface area contributed by atoms with Crippen molar-refractivity contribution in [2.24, 2.45) is 5.41 Å². The molecule has 0 atom stereocenters. The van der Waals surface area contributed by atoms with Crippen molar-refractivity contribution in [3.8, 4) is 22.6 Å².